The summed E-state index contributed by atoms with van der Waals surface area (Å²) >= 11 is 0. The van der Waals surface area contributed by atoms with Crippen LogP contribution in [0.5, 0.6) is 0 Å². The van der Waals surface area contributed by atoms with E-state index in [0.29, 0.717) is 0 Å². The Hall–Kier alpha value is -2.46. The fraction of sp³-hybridized carbons (Fsp3) is 0.417. The predicted octanol–water partition coefficient (Wildman–Crippen LogP) is 5.78. The van der Waals surface area contributed by atoms with Gasteiger partial charge in [-0.25, -0.2) is 4.68 Å². The minimum atomic E-state index is -0.239. The molecule has 0 amide bonds. The van der Waals surface area contributed by atoms with Crippen LogP contribution in [0.1, 0.15) is 58.8 Å². The topological polar surface area (TPSA) is 39.9 Å². The largest absolute Gasteiger partial charge is 0.368 e. The third kappa shape index (κ3) is 3.37. The first-order chi connectivity index (χ1) is 13.1. The Balaban J connectivity index is 2.05. The van der Waals surface area contributed by atoms with Crippen LogP contribution in [0.2, 0.25) is 0 Å². The number of rotatable bonds is 1. The molecule has 146 valence electrons. The molecule has 1 unspecified atom stereocenters. The molecule has 1 aromatic heterocycles. The molecule has 4 rings (SSSR count). The summed E-state index contributed by atoms with van der Waals surface area (Å²) in [7, 11) is 0. The normalized spacial score (nSPS) is 16.6. The minimum Gasteiger partial charge on any atom is -0.368 e. The summed E-state index contributed by atoms with van der Waals surface area (Å²) in [5.74, 6) is 0. The molecule has 4 heteroatoms. The lowest BCUT2D eigenvalue weighted by Gasteiger charge is -2.32. The van der Waals surface area contributed by atoms with Crippen molar-refractivity contribution in [2.24, 2.45) is 0 Å². The van der Waals surface area contributed by atoms with E-state index < -0.39 is 0 Å². The smallest absolute Gasteiger partial charge is 0.121 e. The molecule has 3 aromatic rings. The van der Waals surface area contributed by atoms with Crippen molar-refractivity contribution in [3.63, 3.8) is 0 Å². The van der Waals surface area contributed by atoms with Crippen LogP contribution < -0.4 is 0 Å². The van der Waals surface area contributed by atoms with Gasteiger partial charge in [0.05, 0.1) is 22.9 Å². The lowest BCUT2D eigenvalue weighted by Crippen LogP contribution is -2.27. The van der Waals surface area contributed by atoms with Crippen molar-refractivity contribution in [1.82, 2.24) is 15.0 Å². The third-order valence-electron chi connectivity index (χ3n) is 5.04. The van der Waals surface area contributed by atoms with Gasteiger partial charge < -0.3 is 4.74 Å². The zero-order valence-electron chi connectivity index (χ0n) is 17.7. The molecule has 1 heterocycles. The second-order valence-electron chi connectivity index (χ2n) is 9.54. The molecule has 0 bridgehead atoms. The van der Waals surface area contributed by atoms with Gasteiger partial charge in [-0.2, -0.15) is 0 Å². The summed E-state index contributed by atoms with van der Waals surface area (Å²) < 4.78 is 8.62. The minimum absolute atomic E-state index is 0.0335. The van der Waals surface area contributed by atoms with E-state index >= 15 is 0 Å². The molecule has 0 aliphatic heterocycles. The molecule has 28 heavy (non-hydrogen) atoms. The van der Waals surface area contributed by atoms with Crippen LogP contribution in [0.15, 0.2) is 48.5 Å². The van der Waals surface area contributed by atoms with E-state index in [-0.39, 0.29) is 17.2 Å². The molecule has 0 saturated carbocycles. The lowest BCUT2D eigenvalue weighted by atomic mass is 9.87. The monoisotopic (exact) mass is 375 g/mol. The Morgan fingerprint density at radius 3 is 2.21 bits per heavy atom. The van der Waals surface area contributed by atoms with Crippen molar-refractivity contribution >= 4 is 0 Å². The molecule has 0 radical (unpaired) electrons. The number of ether oxygens (including phenoxy) is 1. The van der Waals surface area contributed by atoms with Gasteiger partial charge in [0, 0.05) is 17.5 Å². The molecule has 4 nitrogen and oxygen atoms in total. The molecule has 1 atom stereocenters. The van der Waals surface area contributed by atoms with E-state index in [2.05, 4.69) is 105 Å². The second kappa shape index (κ2) is 6.56. The standard InChI is InChI=1S/C24H29N3O/c1-23(2,3)27-22-19-14-10-9-13-18(19)20(28-24(4,5)6)15-16-11-7-8-12-17(16)21(22)25-26-27/h7-14,20H,15H2,1-6H3. The zero-order valence-corrected chi connectivity index (χ0v) is 17.7. The highest BCUT2D eigenvalue weighted by Crippen LogP contribution is 2.43. The van der Waals surface area contributed by atoms with Gasteiger partial charge in [-0.15, -0.1) is 5.10 Å². The van der Waals surface area contributed by atoms with Crippen LogP contribution in [0.3, 0.4) is 0 Å². The second-order valence-corrected chi connectivity index (χ2v) is 9.54. The maximum Gasteiger partial charge on any atom is 0.121 e. The van der Waals surface area contributed by atoms with Gasteiger partial charge in [-0.3, -0.25) is 0 Å². The van der Waals surface area contributed by atoms with E-state index in [1.807, 2.05) is 0 Å². The van der Waals surface area contributed by atoms with Gasteiger partial charge in [-0.05, 0) is 52.7 Å². The lowest BCUT2D eigenvalue weighted by molar-refractivity contribution is -0.0611. The first-order valence-corrected chi connectivity index (χ1v) is 9.97. The van der Waals surface area contributed by atoms with E-state index in [1.165, 1.54) is 11.1 Å². The van der Waals surface area contributed by atoms with Crippen LogP contribution in [0.25, 0.3) is 22.5 Å². The summed E-state index contributed by atoms with van der Waals surface area (Å²) in [6, 6.07) is 17.0. The Morgan fingerprint density at radius 2 is 1.54 bits per heavy atom. The molecule has 0 N–H and O–H groups in total. The van der Waals surface area contributed by atoms with Gasteiger partial charge in [0.2, 0.25) is 0 Å². The van der Waals surface area contributed by atoms with Crippen molar-refractivity contribution in [3.05, 3.63) is 59.7 Å². The summed E-state index contributed by atoms with van der Waals surface area (Å²) in [5.41, 5.74) is 6.34. The first kappa shape index (κ1) is 18.9. The third-order valence-corrected chi connectivity index (χ3v) is 5.04. The quantitative estimate of drug-likeness (QED) is 0.541. The average Bonchev–Trinajstić information content (AvgIpc) is 3.04. The van der Waals surface area contributed by atoms with Gasteiger partial charge in [-0.1, -0.05) is 53.7 Å². The molecule has 1 aliphatic rings. The number of nitrogens with zero attached hydrogens (tertiary/aromatic N) is 3. The molecule has 0 spiro atoms. The Labute approximate surface area is 167 Å². The number of hydrogen-bond donors (Lipinski definition) is 0. The van der Waals surface area contributed by atoms with E-state index in [1.54, 1.807) is 0 Å². The van der Waals surface area contributed by atoms with Crippen molar-refractivity contribution in [2.75, 3.05) is 0 Å². The van der Waals surface area contributed by atoms with Crippen molar-refractivity contribution in [1.29, 1.82) is 0 Å². The number of aromatic nitrogens is 3. The summed E-state index contributed by atoms with van der Waals surface area (Å²) in [5, 5.41) is 9.21. The highest BCUT2D eigenvalue weighted by atomic mass is 16.5. The van der Waals surface area contributed by atoms with Gasteiger partial charge in [0.25, 0.3) is 0 Å². The van der Waals surface area contributed by atoms with Crippen LogP contribution in [-0.4, -0.2) is 20.6 Å². The predicted molar refractivity (Wildman–Crippen MR) is 113 cm³/mol. The van der Waals surface area contributed by atoms with E-state index in [0.717, 1.165) is 28.9 Å². The first-order valence-electron chi connectivity index (χ1n) is 9.97. The van der Waals surface area contributed by atoms with E-state index in [9.17, 15) is 0 Å². The maximum absolute atomic E-state index is 6.56. The molecule has 0 fully saturated rings. The molecular weight excluding hydrogens is 346 g/mol. The van der Waals surface area contributed by atoms with Crippen LogP contribution in [0.4, 0.5) is 0 Å². The van der Waals surface area contributed by atoms with Crippen molar-refractivity contribution < 1.29 is 4.74 Å². The summed E-state index contributed by atoms with van der Waals surface area (Å²) in [6.45, 7) is 12.8. The fourth-order valence-corrected chi connectivity index (χ4v) is 3.94. The average molecular weight is 376 g/mol. The number of benzene rings is 2. The van der Waals surface area contributed by atoms with Crippen LogP contribution >= 0.6 is 0 Å². The van der Waals surface area contributed by atoms with Gasteiger partial charge in [0.1, 0.15) is 5.69 Å². The number of hydrogen-bond acceptors (Lipinski definition) is 3. The summed E-state index contributed by atoms with van der Waals surface area (Å²) in [6.07, 6.45) is 0.778. The highest BCUT2D eigenvalue weighted by Gasteiger charge is 2.32. The zero-order chi connectivity index (χ0) is 20.1. The maximum atomic E-state index is 6.56. The number of fused-ring (bicyclic) bond motifs is 5. The van der Waals surface area contributed by atoms with E-state index in [4.69, 9.17) is 4.74 Å². The van der Waals surface area contributed by atoms with Gasteiger partial charge >= 0.3 is 0 Å². The Morgan fingerprint density at radius 1 is 0.893 bits per heavy atom. The Bertz CT molecular complexity index is 1010. The van der Waals surface area contributed by atoms with Crippen molar-refractivity contribution in [3.8, 4) is 22.5 Å². The fourth-order valence-electron chi connectivity index (χ4n) is 3.94. The summed E-state index contributed by atoms with van der Waals surface area (Å²) in [4.78, 5) is 0. The van der Waals surface area contributed by atoms with Crippen LogP contribution in [0, 0.1) is 0 Å². The van der Waals surface area contributed by atoms with Crippen molar-refractivity contribution in [2.45, 2.75) is 65.2 Å². The Kier molecular flexibility index (Phi) is 4.42. The van der Waals surface area contributed by atoms with Crippen LogP contribution in [-0.2, 0) is 16.7 Å². The highest BCUT2D eigenvalue weighted by molar-refractivity contribution is 5.82. The molecular formula is C24H29N3O. The van der Waals surface area contributed by atoms with Gasteiger partial charge in [0.15, 0.2) is 0 Å². The molecule has 2 aromatic carbocycles. The SMILES string of the molecule is CC(C)(C)OC1Cc2ccccc2-c2nnn(C(C)(C)C)c2-c2ccccc21. The molecule has 0 saturated heterocycles. The molecule has 1 aliphatic carbocycles.